The second-order valence-electron chi connectivity index (χ2n) is 5.53. The molecule has 0 aromatic heterocycles. The number of ether oxygens (including phenoxy) is 2. The van der Waals surface area contributed by atoms with Crippen LogP contribution in [0.1, 0.15) is 12.5 Å². The Kier molecular flexibility index (Phi) is 5.97. The van der Waals surface area contributed by atoms with E-state index in [0.29, 0.717) is 17.2 Å². The van der Waals surface area contributed by atoms with Gasteiger partial charge in [-0.15, -0.1) is 0 Å². The molecule has 0 aliphatic rings. The van der Waals surface area contributed by atoms with Gasteiger partial charge in [-0.3, -0.25) is 4.79 Å². The first-order valence-corrected chi connectivity index (χ1v) is 7.70. The predicted molar refractivity (Wildman–Crippen MR) is 92.7 cm³/mol. The zero-order chi connectivity index (χ0) is 19.3. The first-order valence-electron chi connectivity index (χ1n) is 7.70. The molecule has 5 nitrogen and oxygen atoms in total. The molecule has 0 radical (unpaired) electrons. The SMILES string of the molecule is COc1cc(NC(C)C(=O)Nc2ccc(C(F)(F)F)cc2)cc(OC)c1. The summed E-state index contributed by atoms with van der Waals surface area (Å²) in [7, 11) is 3.03. The van der Waals surface area contributed by atoms with Crippen molar-refractivity contribution in [3.63, 3.8) is 0 Å². The Morgan fingerprint density at radius 1 is 0.962 bits per heavy atom. The number of hydrogen-bond donors (Lipinski definition) is 2. The highest BCUT2D eigenvalue weighted by molar-refractivity contribution is 5.96. The van der Waals surface area contributed by atoms with Gasteiger partial charge in [0.15, 0.2) is 0 Å². The van der Waals surface area contributed by atoms with E-state index in [0.717, 1.165) is 12.1 Å². The van der Waals surface area contributed by atoms with Gasteiger partial charge >= 0.3 is 6.18 Å². The summed E-state index contributed by atoms with van der Waals surface area (Å²) < 4.78 is 48.0. The molecule has 140 valence electrons. The summed E-state index contributed by atoms with van der Waals surface area (Å²) in [6.07, 6.45) is -4.41. The Hall–Kier alpha value is -2.90. The molecule has 1 unspecified atom stereocenters. The van der Waals surface area contributed by atoms with Crippen molar-refractivity contribution in [1.82, 2.24) is 0 Å². The van der Waals surface area contributed by atoms with E-state index in [4.69, 9.17) is 9.47 Å². The predicted octanol–water partition coefficient (Wildman–Crippen LogP) is 4.16. The van der Waals surface area contributed by atoms with Gasteiger partial charge in [-0.2, -0.15) is 13.2 Å². The van der Waals surface area contributed by atoms with Crippen LogP contribution in [0.2, 0.25) is 0 Å². The van der Waals surface area contributed by atoms with E-state index in [-0.39, 0.29) is 5.69 Å². The molecule has 0 heterocycles. The maximum absolute atomic E-state index is 12.6. The van der Waals surface area contributed by atoms with E-state index in [1.165, 1.54) is 26.4 Å². The molecular formula is C18H19F3N2O3. The largest absolute Gasteiger partial charge is 0.497 e. The number of halogens is 3. The summed E-state index contributed by atoms with van der Waals surface area (Å²) in [5.74, 6) is 0.718. The third-order valence-corrected chi connectivity index (χ3v) is 3.61. The van der Waals surface area contributed by atoms with Crippen molar-refractivity contribution in [2.75, 3.05) is 24.9 Å². The number of alkyl halides is 3. The fourth-order valence-corrected chi connectivity index (χ4v) is 2.20. The lowest BCUT2D eigenvalue weighted by atomic mass is 10.2. The van der Waals surface area contributed by atoms with Gasteiger partial charge in [-0.1, -0.05) is 0 Å². The smallest absolute Gasteiger partial charge is 0.416 e. The highest BCUT2D eigenvalue weighted by Gasteiger charge is 2.30. The van der Waals surface area contributed by atoms with Crippen molar-refractivity contribution in [2.24, 2.45) is 0 Å². The van der Waals surface area contributed by atoms with Crippen LogP contribution in [-0.2, 0) is 11.0 Å². The van der Waals surface area contributed by atoms with Crippen molar-refractivity contribution in [2.45, 2.75) is 19.1 Å². The Bertz CT molecular complexity index is 739. The molecule has 8 heteroatoms. The van der Waals surface area contributed by atoms with Crippen molar-refractivity contribution in [3.8, 4) is 11.5 Å². The molecule has 0 bridgehead atoms. The minimum absolute atomic E-state index is 0.278. The molecule has 0 saturated heterocycles. The van der Waals surface area contributed by atoms with Gasteiger partial charge in [0.1, 0.15) is 17.5 Å². The fraction of sp³-hybridized carbons (Fsp3) is 0.278. The minimum atomic E-state index is -4.41. The lowest BCUT2D eigenvalue weighted by Crippen LogP contribution is -2.31. The lowest BCUT2D eigenvalue weighted by Gasteiger charge is -2.17. The summed E-state index contributed by atoms with van der Waals surface area (Å²) in [5.41, 5.74) is 0.112. The number of hydrogen-bond acceptors (Lipinski definition) is 4. The highest BCUT2D eigenvalue weighted by atomic mass is 19.4. The van der Waals surface area contributed by atoms with Gasteiger partial charge in [-0.05, 0) is 31.2 Å². The summed E-state index contributed by atoms with van der Waals surface area (Å²) >= 11 is 0. The average molecular weight is 368 g/mol. The fourth-order valence-electron chi connectivity index (χ4n) is 2.20. The van der Waals surface area contributed by atoms with E-state index in [1.807, 2.05) is 0 Å². The van der Waals surface area contributed by atoms with E-state index < -0.39 is 23.7 Å². The first-order chi connectivity index (χ1) is 12.2. The number of nitrogens with one attached hydrogen (secondary N) is 2. The van der Waals surface area contributed by atoms with Crippen molar-refractivity contribution >= 4 is 17.3 Å². The molecule has 1 atom stereocenters. The average Bonchev–Trinajstić information content (AvgIpc) is 2.60. The lowest BCUT2D eigenvalue weighted by molar-refractivity contribution is -0.137. The van der Waals surface area contributed by atoms with E-state index >= 15 is 0 Å². The molecule has 0 spiro atoms. The zero-order valence-corrected chi connectivity index (χ0v) is 14.5. The van der Waals surface area contributed by atoms with Gasteiger partial charge in [0.2, 0.25) is 5.91 Å². The first kappa shape index (κ1) is 19.4. The van der Waals surface area contributed by atoms with Crippen LogP contribution in [0, 0.1) is 0 Å². The second kappa shape index (κ2) is 7.99. The molecule has 0 aliphatic heterocycles. The Labute approximate surface area is 149 Å². The third kappa shape index (κ3) is 5.05. The molecular weight excluding hydrogens is 349 g/mol. The van der Waals surface area contributed by atoms with Gasteiger partial charge in [0.05, 0.1) is 19.8 Å². The molecule has 1 amide bonds. The van der Waals surface area contributed by atoms with E-state index in [1.54, 1.807) is 25.1 Å². The van der Waals surface area contributed by atoms with Crippen molar-refractivity contribution in [3.05, 3.63) is 48.0 Å². The summed E-state index contributed by atoms with van der Waals surface area (Å²) in [5, 5.41) is 5.56. The summed E-state index contributed by atoms with van der Waals surface area (Å²) in [4.78, 5) is 12.2. The normalized spacial score (nSPS) is 12.2. The summed E-state index contributed by atoms with van der Waals surface area (Å²) in [6.45, 7) is 1.63. The second-order valence-corrected chi connectivity index (χ2v) is 5.53. The van der Waals surface area contributed by atoms with Crippen LogP contribution in [-0.4, -0.2) is 26.2 Å². The Morgan fingerprint density at radius 3 is 1.96 bits per heavy atom. The van der Waals surface area contributed by atoms with Gasteiger partial charge in [-0.25, -0.2) is 0 Å². The molecule has 0 fully saturated rings. The van der Waals surface area contributed by atoms with E-state index in [9.17, 15) is 18.0 Å². The molecule has 2 rings (SSSR count). The van der Waals surface area contributed by atoms with Gasteiger partial charge in [0.25, 0.3) is 0 Å². The van der Waals surface area contributed by atoms with Crippen LogP contribution in [0.4, 0.5) is 24.5 Å². The monoisotopic (exact) mass is 368 g/mol. The van der Waals surface area contributed by atoms with Crippen molar-refractivity contribution in [1.29, 1.82) is 0 Å². The number of anilines is 2. The summed E-state index contributed by atoms with van der Waals surface area (Å²) in [6, 6.07) is 8.70. The number of benzene rings is 2. The third-order valence-electron chi connectivity index (χ3n) is 3.61. The van der Waals surface area contributed by atoms with Gasteiger partial charge < -0.3 is 20.1 Å². The van der Waals surface area contributed by atoms with E-state index in [2.05, 4.69) is 10.6 Å². The number of carbonyl (C=O) groups is 1. The van der Waals surface area contributed by atoms with Crippen molar-refractivity contribution < 1.29 is 27.4 Å². The number of rotatable bonds is 6. The molecule has 0 saturated carbocycles. The quantitative estimate of drug-likeness (QED) is 0.804. The molecule has 26 heavy (non-hydrogen) atoms. The molecule has 0 aliphatic carbocycles. The Balaban J connectivity index is 2.03. The molecule has 2 aromatic carbocycles. The molecule has 2 N–H and O–H groups in total. The zero-order valence-electron chi connectivity index (χ0n) is 14.5. The number of methoxy groups -OCH3 is 2. The number of amides is 1. The topological polar surface area (TPSA) is 59.6 Å². The Morgan fingerprint density at radius 2 is 1.50 bits per heavy atom. The standard InChI is InChI=1S/C18H19F3N2O3/c1-11(22-14-8-15(25-2)10-16(9-14)26-3)17(24)23-13-6-4-12(5-7-13)18(19,20)21/h4-11,22H,1-3H3,(H,23,24). The highest BCUT2D eigenvalue weighted by Crippen LogP contribution is 2.30. The molecule has 2 aromatic rings. The van der Waals surface area contributed by atoms with Crippen LogP contribution >= 0.6 is 0 Å². The maximum atomic E-state index is 12.6. The number of carbonyl (C=O) groups excluding carboxylic acids is 1. The van der Waals surface area contributed by atoms with Crippen LogP contribution in [0.25, 0.3) is 0 Å². The van der Waals surface area contributed by atoms with Crippen LogP contribution in [0.3, 0.4) is 0 Å². The minimum Gasteiger partial charge on any atom is -0.497 e. The van der Waals surface area contributed by atoms with Crippen LogP contribution < -0.4 is 20.1 Å². The van der Waals surface area contributed by atoms with Crippen LogP contribution in [0.5, 0.6) is 11.5 Å². The van der Waals surface area contributed by atoms with Crippen LogP contribution in [0.15, 0.2) is 42.5 Å². The van der Waals surface area contributed by atoms with Gasteiger partial charge in [0, 0.05) is 29.6 Å². The maximum Gasteiger partial charge on any atom is 0.416 e.